The van der Waals surface area contributed by atoms with Gasteiger partial charge in [0.2, 0.25) is 0 Å². The van der Waals surface area contributed by atoms with Gasteiger partial charge in [-0.05, 0) is 17.0 Å². The second-order valence-corrected chi connectivity index (χ2v) is 5.63. The zero-order valence-electron chi connectivity index (χ0n) is 12.9. The molecule has 2 aromatic rings. The molecule has 1 aliphatic heterocycles. The molecular weight excluding hydrogens is 305 g/mol. The fraction of sp³-hybridized carbons (Fsp3) is 0.412. The number of piperazine rings is 1. The molecule has 0 aromatic heterocycles. The molecule has 0 amide bonds. The monoisotopic (exact) mass is 324 g/mol. The molecule has 0 radical (unpaired) electrons. The second-order valence-electron chi connectivity index (χ2n) is 5.63. The van der Waals surface area contributed by atoms with Crippen LogP contribution in [0.2, 0.25) is 0 Å². The molecule has 3 rings (SSSR count). The predicted octanol–water partition coefficient (Wildman–Crippen LogP) is 3.36. The number of rotatable bonds is 3. The molecule has 0 aliphatic carbocycles. The average Bonchev–Trinajstić information content (AvgIpc) is 2.55. The highest BCUT2D eigenvalue weighted by molar-refractivity contribution is 5.91. The summed E-state index contributed by atoms with van der Waals surface area (Å²) in [5.74, 6) is 0.589. The molecule has 2 aromatic carbocycles. The van der Waals surface area contributed by atoms with Gasteiger partial charge in [-0.3, -0.25) is 4.90 Å². The van der Waals surface area contributed by atoms with Gasteiger partial charge in [-0.25, -0.2) is 0 Å². The Bertz CT molecular complexity index is 681. The first-order chi connectivity index (χ1) is 11.0. The van der Waals surface area contributed by atoms with Crippen LogP contribution in [-0.2, 0) is 0 Å². The van der Waals surface area contributed by atoms with Crippen LogP contribution in [0, 0.1) is 0 Å². The molecule has 1 aliphatic rings. The van der Waals surface area contributed by atoms with E-state index in [9.17, 15) is 13.2 Å². The summed E-state index contributed by atoms with van der Waals surface area (Å²) in [6.07, 6.45) is -4.32. The third-order valence-electron chi connectivity index (χ3n) is 4.26. The van der Waals surface area contributed by atoms with Crippen molar-refractivity contribution in [1.29, 1.82) is 0 Å². The number of halogens is 3. The van der Waals surface area contributed by atoms with Gasteiger partial charge in [-0.1, -0.05) is 30.3 Å². The van der Waals surface area contributed by atoms with E-state index in [1.807, 2.05) is 6.07 Å². The number of ether oxygens (including phenoxy) is 1. The standard InChI is InChI=1S/C17H19F3N2O/c1-23-15-7-6-14(12-4-2-3-5-13(12)15)16(17(18,19)20)22-10-8-21-9-11-22/h2-7,16,21H,8-11H2,1H3/t16-/m1/s1. The molecular formula is C17H19F3N2O. The highest BCUT2D eigenvalue weighted by atomic mass is 19.4. The normalized spacial score (nSPS) is 18.1. The van der Waals surface area contributed by atoms with E-state index < -0.39 is 12.2 Å². The van der Waals surface area contributed by atoms with Crippen LogP contribution in [0.4, 0.5) is 13.2 Å². The van der Waals surface area contributed by atoms with Crippen LogP contribution in [0.25, 0.3) is 10.8 Å². The molecule has 23 heavy (non-hydrogen) atoms. The molecule has 0 saturated carbocycles. The van der Waals surface area contributed by atoms with Crippen LogP contribution in [0.5, 0.6) is 5.75 Å². The fourth-order valence-electron chi connectivity index (χ4n) is 3.23. The van der Waals surface area contributed by atoms with E-state index in [1.165, 1.54) is 12.0 Å². The largest absolute Gasteiger partial charge is 0.496 e. The minimum Gasteiger partial charge on any atom is -0.496 e. The Balaban J connectivity index is 2.14. The van der Waals surface area contributed by atoms with Crippen molar-refractivity contribution >= 4 is 10.8 Å². The van der Waals surface area contributed by atoms with E-state index in [-0.39, 0.29) is 5.56 Å². The summed E-state index contributed by atoms with van der Waals surface area (Å²) >= 11 is 0. The molecule has 1 atom stereocenters. The summed E-state index contributed by atoms with van der Waals surface area (Å²) in [7, 11) is 1.53. The third-order valence-corrected chi connectivity index (χ3v) is 4.26. The summed E-state index contributed by atoms with van der Waals surface area (Å²) in [5, 5.41) is 4.39. The topological polar surface area (TPSA) is 24.5 Å². The second kappa shape index (κ2) is 6.37. The lowest BCUT2D eigenvalue weighted by Gasteiger charge is -2.36. The highest BCUT2D eigenvalue weighted by Gasteiger charge is 2.45. The Morgan fingerprint density at radius 1 is 1.04 bits per heavy atom. The SMILES string of the molecule is COc1ccc([C@@H](N2CCNCC2)C(F)(F)F)c2ccccc12. The molecule has 0 spiro atoms. The fourth-order valence-corrected chi connectivity index (χ4v) is 3.23. The Morgan fingerprint density at radius 2 is 1.70 bits per heavy atom. The molecule has 3 nitrogen and oxygen atoms in total. The van der Waals surface area contributed by atoms with Crippen LogP contribution in [0.1, 0.15) is 11.6 Å². The van der Waals surface area contributed by atoms with Crippen LogP contribution >= 0.6 is 0 Å². The number of methoxy groups -OCH3 is 1. The zero-order valence-corrected chi connectivity index (χ0v) is 12.9. The molecule has 1 saturated heterocycles. The molecule has 1 heterocycles. The maximum Gasteiger partial charge on any atom is 0.408 e. The summed E-state index contributed by atoms with van der Waals surface area (Å²) < 4.78 is 46.7. The lowest BCUT2D eigenvalue weighted by Crippen LogP contribution is -2.49. The van der Waals surface area contributed by atoms with Gasteiger partial charge in [0, 0.05) is 31.6 Å². The Kier molecular flexibility index (Phi) is 4.46. The van der Waals surface area contributed by atoms with E-state index in [4.69, 9.17) is 4.74 Å². The van der Waals surface area contributed by atoms with Crippen molar-refractivity contribution in [2.45, 2.75) is 12.2 Å². The summed E-state index contributed by atoms with van der Waals surface area (Å²) in [4.78, 5) is 1.50. The van der Waals surface area contributed by atoms with Gasteiger partial charge in [-0.2, -0.15) is 13.2 Å². The molecule has 0 unspecified atom stereocenters. The van der Waals surface area contributed by atoms with Gasteiger partial charge in [0.15, 0.2) is 0 Å². The Hall–Kier alpha value is -1.79. The van der Waals surface area contributed by atoms with Crippen molar-refractivity contribution in [3.63, 3.8) is 0 Å². The highest BCUT2D eigenvalue weighted by Crippen LogP contribution is 2.42. The maximum absolute atomic E-state index is 13.8. The van der Waals surface area contributed by atoms with Crippen molar-refractivity contribution in [1.82, 2.24) is 10.2 Å². The number of hydrogen-bond donors (Lipinski definition) is 1. The first kappa shape index (κ1) is 16.1. The van der Waals surface area contributed by atoms with Crippen molar-refractivity contribution in [2.75, 3.05) is 33.3 Å². The van der Waals surface area contributed by atoms with Crippen LogP contribution in [0.15, 0.2) is 36.4 Å². The van der Waals surface area contributed by atoms with Crippen molar-refractivity contribution in [3.05, 3.63) is 42.0 Å². The first-order valence-electron chi connectivity index (χ1n) is 7.59. The number of benzene rings is 2. The lowest BCUT2D eigenvalue weighted by molar-refractivity contribution is -0.187. The summed E-state index contributed by atoms with van der Waals surface area (Å²) in [5.41, 5.74) is 0.288. The zero-order chi connectivity index (χ0) is 16.4. The number of fused-ring (bicyclic) bond motifs is 1. The Labute approximate surface area is 133 Å². The number of alkyl halides is 3. The van der Waals surface area contributed by atoms with Crippen molar-refractivity contribution in [2.24, 2.45) is 0 Å². The maximum atomic E-state index is 13.8. The van der Waals surface area contributed by atoms with Crippen LogP contribution in [0.3, 0.4) is 0 Å². The smallest absolute Gasteiger partial charge is 0.408 e. The van der Waals surface area contributed by atoms with E-state index in [1.54, 1.807) is 30.3 Å². The van der Waals surface area contributed by atoms with E-state index in [0.717, 1.165) is 0 Å². The van der Waals surface area contributed by atoms with E-state index in [2.05, 4.69) is 5.32 Å². The van der Waals surface area contributed by atoms with Crippen molar-refractivity contribution in [3.8, 4) is 5.75 Å². The first-order valence-corrected chi connectivity index (χ1v) is 7.59. The Morgan fingerprint density at radius 3 is 2.30 bits per heavy atom. The van der Waals surface area contributed by atoms with Crippen LogP contribution < -0.4 is 10.1 Å². The van der Waals surface area contributed by atoms with E-state index >= 15 is 0 Å². The van der Waals surface area contributed by atoms with Gasteiger partial charge in [0.25, 0.3) is 0 Å². The third kappa shape index (κ3) is 3.14. The predicted molar refractivity (Wildman–Crippen MR) is 83.7 cm³/mol. The van der Waals surface area contributed by atoms with Gasteiger partial charge in [0.1, 0.15) is 11.8 Å². The molecule has 1 N–H and O–H groups in total. The average molecular weight is 324 g/mol. The minimum atomic E-state index is -4.32. The quantitative estimate of drug-likeness (QED) is 0.937. The van der Waals surface area contributed by atoms with E-state index in [0.29, 0.717) is 42.7 Å². The molecule has 6 heteroatoms. The molecule has 1 fully saturated rings. The number of nitrogens with one attached hydrogen (secondary N) is 1. The molecule has 124 valence electrons. The van der Waals surface area contributed by atoms with Crippen LogP contribution in [-0.4, -0.2) is 44.4 Å². The van der Waals surface area contributed by atoms with Gasteiger partial charge >= 0.3 is 6.18 Å². The van der Waals surface area contributed by atoms with Crippen molar-refractivity contribution < 1.29 is 17.9 Å². The van der Waals surface area contributed by atoms with Gasteiger partial charge < -0.3 is 10.1 Å². The van der Waals surface area contributed by atoms with Gasteiger partial charge in [0.05, 0.1) is 7.11 Å². The minimum absolute atomic E-state index is 0.288. The molecule has 0 bridgehead atoms. The lowest BCUT2D eigenvalue weighted by atomic mass is 9.96. The number of nitrogens with zero attached hydrogens (tertiary/aromatic N) is 1. The van der Waals surface area contributed by atoms with Gasteiger partial charge in [-0.15, -0.1) is 0 Å². The number of hydrogen-bond acceptors (Lipinski definition) is 3. The summed E-state index contributed by atoms with van der Waals surface area (Å²) in [6.45, 7) is 1.90. The summed E-state index contributed by atoms with van der Waals surface area (Å²) in [6, 6.07) is 8.66.